The topological polar surface area (TPSA) is 114 Å². The molecule has 0 radical (unpaired) electrons. The van der Waals surface area contributed by atoms with Crippen LogP contribution in [0.4, 0.5) is 0 Å². The first-order valence-electron chi connectivity index (χ1n) is 6.90. The standard InChI is InChI=1S/C14H20O9/c1-7(15)19-6-11-12(20-8(2)16)13(21-9(3)17)14(5,23-11)22-10(4)18/h11-13H,6H2,1-5H3/t11-,12-,13-,14-/m1/s1. The summed E-state index contributed by atoms with van der Waals surface area (Å²) in [4.78, 5) is 44.9. The zero-order chi connectivity index (χ0) is 17.8. The minimum Gasteiger partial charge on any atom is -0.463 e. The molecular weight excluding hydrogens is 312 g/mol. The summed E-state index contributed by atoms with van der Waals surface area (Å²) in [6.07, 6.45) is -3.26. The van der Waals surface area contributed by atoms with E-state index in [2.05, 4.69) is 0 Å². The van der Waals surface area contributed by atoms with E-state index in [1.807, 2.05) is 0 Å². The summed E-state index contributed by atoms with van der Waals surface area (Å²) >= 11 is 0. The van der Waals surface area contributed by atoms with Crippen molar-refractivity contribution in [3.05, 3.63) is 0 Å². The highest BCUT2D eigenvalue weighted by molar-refractivity contribution is 5.69. The Labute approximate surface area is 133 Å². The quantitative estimate of drug-likeness (QED) is 0.510. The van der Waals surface area contributed by atoms with Gasteiger partial charge in [0, 0.05) is 34.6 Å². The molecule has 0 amide bonds. The van der Waals surface area contributed by atoms with E-state index in [9.17, 15) is 19.2 Å². The average Bonchev–Trinajstić information content (AvgIpc) is 2.59. The number of carbonyl (C=O) groups is 4. The second-order valence-electron chi connectivity index (χ2n) is 5.17. The Balaban J connectivity index is 3.10. The van der Waals surface area contributed by atoms with Crippen LogP contribution in [0.5, 0.6) is 0 Å². The number of hydrogen-bond donors (Lipinski definition) is 0. The monoisotopic (exact) mass is 332 g/mol. The van der Waals surface area contributed by atoms with Crippen LogP contribution in [0.3, 0.4) is 0 Å². The molecule has 0 aromatic carbocycles. The molecule has 23 heavy (non-hydrogen) atoms. The van der Waals surface area contributed by atoms with Gasteiger partial charge in [0.25, 0.3) is 5.79 Å². The molecule has 9 nitrogen and oxygen atoms in total. The van der Waals surface area contributed by atoms with Crippen molar-refractivity contribution in [3.63, 3.8) is 0 Å². The van der Waals surface area contributed by atoms with Crippen molar-refractivity contribution in [1.29, 1.82) is 0 Å². The zero-order valence-corrected chi connectivity index (χ0v) is 13.6. The zero-order valence-electron chi connectivity index (χ0n) is 13.6. The largest absolute Gasteiger partial charge is 0.463 e. The lowest BCUT2D eigenvalue weighted by Crippen LogP contribution is -2.48. The van der Waals surface area contributed by atoms with Crippen molar-refractivity contribution in [2.75, 3.05) is 6.61 Å². The second-order valence-corrected chi connectivity index (χ2v) is 5.17. The van der Waals surface area contributed by atoms with Gasteiger partial charge in [-0.25, -0.2) is 0 Å². The van der Waals surface area contributed by atoms with Crippen LogP contribution in [0.2, 0.25) is 0 Å². The number of hydrogen-bond acceptors (Lipinski definition) is 9. The molecule has 0 aromatic heterocycles. The van der Waals surface area contributed by atoms with Crippen molar-refractivity contribution in [1.82, 2.24) is 0 Å². The van der Waals surface area contributed by atoms with E-state index in [0.29, 0.717) is 0 Å². The summed E-state index contributed by atoms with van der Waals surface area (Å²) in [6.45, 7) is 5.77. The van der Waals surface area contributed by atoms with Crippen LogP contribution in [0, 0.1) is 0 Å². The Kier molecular flexibility index (Phi) is 6.08. The highest BCUT2D eigenvalue weighted by Gasteiger charge is 2.59. The molecule has 9 heteroatoms. The SMILES string of the molecule is CC(=O)OC[C@H]1O[C@@](C)(OC(C)=O)[C@H](OC(C)=O)[C@@H]1OC(C)=O. The van der Waals surface area contributed by atoms with E-state index in [0.717, 1.165) is 20.8 Å². The number of carbonyl (C=O) groups excluding carboxylic acids is 4. The predicted molar refractivity (Wildman–Crippen MR) is 72.8 cm³/mol. The Morgan fingerprint density at radius 1 is 0.913 bits per heavy atom. The fraction of sp³-hybridized carbons (Fsp3) is 0.714. The summed E-state index contributed by atoms with van der Waals surface area (Å²) in [5, 5.41) is 0. The van der Waals surface area contributed by atoms with Crippen LogP contribution in [-0.2, 0) is 42.9 Å². The van der Waals surface area contributed by atoms with E-state index in [-0.39, 0.29) is 6.61 Å². The molecule has 130 valence electrons. The Hall–Kier alpha value is -2.16. The molecule has 0 N–H and O–H groups in total. The highest BCUT2D eigenvalue weighted by atomic mass is 16.8. The van der Waals surface area contributed by atoms with Gasteiger partial charge in [-0.1, -0.05) is 0 Å². The molecular formula is C14H20O9. The molecule has 0 aromatic rings. The fourth-order valence-corrected chi connectivity index (χ4v) is 2.31. The van der Waals surface area contributed by atoms with Crippen molar-refractivity contribution in [2.24, 2.45) is 0 Å². The van der Waals surface area contributed by atoms with Gasteiger partial charge in [-0.2, -0.15) is 0 Å². The third-order valence-corrected chi connectivity index (χ3v) is 2.96. The maximum Gasteiger partial charge on any atom is 0.305 e. The second kappa shape index (κ2) is 7.40. The molecule has 1 saturated heterocycles. The third-order valence-electron chi connectivity index (χ3n) is 2.96. The molecule has 0 unspecified atom stereocenters. The normalized spacial score (nSPS) is 29.5. The molecule has 1 rings (SSSR count). The third kappa shape index (κ3) is 5.20. The predicted octanol–water partition coefficient (Wildman–Crippen LogP) is 0.0910. The maximum absolute atomic E-state index is 11.3. The van der Waals surface area contributed by atoms with Gasteiger partial charge in [-0.15, -0.1) is 0 Å². The van der Waals surface area contributed by atoms with Gasteiger partial charge < -0.3 is 23.7 Å². The van der Waals surface area contributed by atoms with Crippen molar-refractivity contribution < 1.29 is 42.9 Å². The van der Waals surface area contributed by atoms with Crippen LogP contribution >= 0.6 is 0 Å². The minimum absolute atomic E-state index is 0.262. The van der Waals surface area contributed by atoms with E-state index in [1.54, 1.807) is 0 Å². The van der Waals surface area contributed by atoms with Crippen molar-refractivity contribution in [2.45, 2.75) is 58.7 Å². The number of esters is 4. The smallest absolute Gasteiger partial charge is 0.305 e. The summed E-state index contributed by atoms with van der Waals surface area (Å²) in [6, 6.07) is 0. The van der Waals surface area contributed by atoms with Crippen LogP contribution < -0.4 is 0 Å². The van der Waals surface area contributed by atoms with Gasteiger partial charge in [0.2, 0.25) is 6.10 Å². The van der Waals surface area contributed by atoms with Crippen LogP contribution in [0.15, 0.2) is 0 Å². The molecule has 0 aliphatic carbocycles. The Morgan fingerprint density at radius 3 is 1.91 bits per heavy atom. The lowest BCUT2D eigenvalue weighted by Gasteiger charge is -2.29. The number of rotatable bonds is 5. The van der Waals surface area contributed by atoms with Gasteiger partial charge in [-0.05, 0) is 0 Å². The van der Waals surface area contributed by atoms with Gasteiger partial charge in [0.1, 0.15) is 12.7 Å². The maximum atomic E-state index is 11.3. The molecule has 0 spiro atoms. The number of ether oxygens (including phenoxy) is 5. The highest BCUT2D eigenvalue weighted by Crippen LogP contribution is 2.36. The van der Waals surface area contributed by atoms with Crippen molar-refractivity contribution in [3.8, 4) is 0 Å². The Morgan fingerprint density at radius 2 is 1.48 bits per heavy atom. The molecule has 1 aliphatic heterocycles. The minimum atomic E-state index is -1.68. The summed E-state index contributed by atoms with van der Waals surface area (Å²) in [5.74, 6) is -4.26. The van der Waals surface area contributed by atoms with Crippen LogP contribution in [0.25, 0.3) is 0 Å². The van der Waals surface area contributed by atoms with E-state index < -0.39 is 48.0 Å². The van der Waals surface area contributed by atoms with Crippen molar-refractivity contribution >= 4 is 23.9 Å². The fourth-order valence-electron chi connectivity index (χ4n) is 2.31. The summed E-state index contributed by atoms with van der Waals surface area (Å²) in [7, 11) is 0. The molecule has 0 bridgehead atoms. The van der Waals surface area contributed by atoms with Gasteiger partial charge in [-0.3, -0.25) is 19.2 Å². The van der Waals surface area contributed by atoms with E-state index >= 15 is 0 Å². The lowest BCUT2D eigenvalue weighted by atomic mass is 10.1. The molecule has 1 aliphatic rings. The van der Waals surface area contributed by atoms with Gasteiger partial charge in [0.15, 0.2) is 6.10 Å². The Bertz CT molecular complexity index is 500. The summed E-state index contributed by atoms with van der Waals surface area (Å²) in [5.41, 5.74) is 0. The van der Waals surface area contributed by atoms with Crippen LogP contribution in [0.1, 0.15) is 34.6 Å². The first-order valence-corrected chi connectivity index (χ1v) is 6.90. The molecule has 0 saturated carbocycles. The van der Waals surface area contributed by atoms with Crippen LogP contribution in [-0.4, -0.2) is 54.6 Å². The summed E-state index contributed by atoms with van der Waals surface area (Å²) < 4.78 is 25.7. The van der Waals surface area contributed by atoms with Gasteiger partial charge >= 0.3 is 23.9 Å². The lowest BCUT2D eigenvalue weighted by molar-refractivity contribution is -0.246. The van der Waals surface area contributed by atoms with E-state index in [4.69, 9.17) is 23.7 Å². The molecule has 1 heterocycles. The first-order chi connectivity index (χ1) is 10.5. The van der Waals surface area contributed by atoms with Gasteiger partial charge in [0.05, 0.1) is 0 Å². The van der Waals surface area contributed by atoms with E-state index in [1.165, 1.54) is 13.8 Å². The first kappa shape index (κ1) is 18.9. The average molecular weight is 332 g/mol. The molecule has 1 fully saturated rings. The molecule has 4 atom stereocenters.